The number of nitrogens with zero attached hydrogens (tertiary/aromatic N) is 3. The first-order valence-corrected chi connectivity index (χ1v) is 18.6. The highest BCUT2D eigenvalue weighted by Gasteiger charge is 2.30. The van der Waals surface area contributed by atoms with Crippen LogP contribution in [0, 0.1) is 5.92 Å². The number of piperidine rings is 1. The Hall–Kier alpha value is -4.54. The summed E-state index contributed by atoms with van der Waals surface area (Å²) in [5.74, 6) is 0.164. The maximum absolute atomic E-state index is 13.6. The maximum Gasteiger partial charge on any atom is 0.287 e. The fourth-order valence-electron chi connectivity index (χ4n) is 7.04. The van der Waals surface area contributed by atoms with Gasteiger partial charge in [0.2, 0.25) is 5.91 Å². The predicted octanol–water partition coefficient (Wildman–Crippen LogP) is 5.90. The van der Waals surface area contributed by atoms with Crippen molar-refractivity contribution in [1.82, 2.24) is 25.4 Å². The topological polar surface area (TPSA) is 117 Å². The quantitative estimate of drug-likeness (QED) is 0.168. The standard InChI is InChI=1S/C41H51N5O5/c1-29(2)24-36(44-41(49)39-27-32-26-33(14-15-38(32)51-39)50-23-22-45-18-6-3-7-19-45)40(48)43-35-13-9-20-46(28-37(35)47)21-16-30-10-8-11-31(25-30)34-12-4-5-17-42-34/h4-5,8,10-12,14-15,17,25-27,29,35-36H,3,6-7,9,13,16,18-24,28H2,1-2H3,(H,43,48)(H,44,49)/t35?,36-/m0/s1. The maximum atomic E-state index is 13.6. The van der Waals surface area contributed by atoms with Crippen LogP contribution in [0.1, 0.15) is 68.5 Å². The fraction of sp³-hybridized carbons (Fsp3) is 0.463. The lowest BCUT2D eigenvalue weighted by atomic mass is 10.0. The molecule has 51 heavy (non-hydrogen) atoms. The van der Waals surface area contributed by atoms with Gasteiger partial charge >= 0.3 is 0 Å². The number of ketones is 1. The first-order valence-electron chi connectivity index (χ1n) is 18.6. The van der Waals surface area contributed by atoms with Crippen LogP contribution in [0.5, 0.6) is 5.75 Å². The number of carbonyl (C=O) groups is 3. The van der Waals surface area contributed by atoms with Gasteiger partial charge in [0.05, 0.1) is 18.3 Å². The van der Waals surface area contributed by atoms with Gasteiger partial charge in [0.25, 0.3) is 5.91 Å². The number of aromatic nitrogens is 1. The largest absolute Gasteiger partial charge is 0.492 e. The molecule has 4 aromatic rings. The average Bonchev–Trinajstić information content (AvgIpc) is 3.49. The molecule has 10 heteroatoms. The molecule has 0 saturated carbocycles. The van der Waals surface area contributed by atoms with Gasteiger partial charge in [-0.05, 0) is 112 Å². The first kappa shape index (κ1) is 36.3. The van der Waals surface area contributed by atoms with E-state index >= 15 is 0 Å². The van der Waals surface area contributed by atoms with Gasteiger partial charge in [-0.25, -0.2) is 0 Å². The number of Topliss-reactive ketones (excluding diaryl/α,β-unsaturated/α-hetero) is 1. The van der Waals surface area contributed by atoms with E-state index in [9.17, 15) is 14.4 Å². The Kier molecular flexibility index (Phi) is 12.5. The van der Waals surface area contributed by atoms with Crippen molar-refractivity contribution in [2.24, 2.45) is 5.92 Å². The van der Waals surface area contributed by atoms with Crippen molar-refractivity contribution < 1.29 is 23.5 Å². The monoisotopic (exact) mass is 693 g/mol. The molecule has 270 valence electrons. The number of hydrogen-bond donors (Lipinski definition) is 2. The van der Waals surface area contributed by atoms with Crippen LogP contribution in [0.2, 0.25) is 0 Å². The van der Waals surface area contributed by atoms with Crippen LogP contribution in [0.3, 0.4) is 0 Å². The summed E-state index contributed by atoms with van der Waals surface area (Å²) in [5.41, 5.74) is 3.77. The van der Waals surface area contributed by atoms with Crippen LogP contribution >= 0.6 is 0 Å². The Labute approximate surface area is 300 Å². The minimum atomic E-state index is -0.807. The Morgan fingerprint density at radius 1 is 0.941 bits per heavy atom. The van der Waals surface area contributed by atoms with Gasteiger partial charge in [0.15, 0.2) is 11.5 Å². The molecule has 0 aliphatic carbocycles. The summed E-state index contributed by atoms with van der Waals surface area (Å²) >= 11 is 0. The number of carbonyl (C=O) groups excluding carboxylic acids is 3. The molecular weight excluding hydrogens is 642 g/mol. The van der Waals surface area contributed by atoms with Crippen LogP contribution in [0.25, 0.3) is 22.2 Å². The van der Waals surface area contributed by atoms with Crippen molar-refractivity contribution in [3.8, 4) is 17.0 Å². The predicted molar refractivity (Wildman–Crippen MR) is 199 cm³/mol. The molecule has 2 aromatic heterocycles. The smallest absolute Gasteiger partial charge is 0.287 e. The number of fused-ring (bicyclic) bond motifs is 1. The van der Waals surface area contributed by atoms with Gasteiger partial charge < -0.3 is 19.8 Å². The summed E-state index contributed by atoms with van der Waals surface area (Å²) in [6.45, 7) is 9.54. The van der Waals surface area contributed by atoms with E-state index in [2.05, 4.69) is 43.6 Å². The first-order chi connectivity index (χ1) is 24.8. The Morgan fingerprint density at radius 3 is 2.59 bits per heavy atom. The minimum absolute atomic E-state index is 0.0102. The molecule has 0 radical (unpaired) electrons. The van der Waals surface area contributed by atoms with Crippen LogP contribution < -0.4 is 15.4 Å². The highest BCUT2D eigenvalue weighted by atomic mass is 16.5. The van der Waals surface area contributed by atoms with Gasteiger partial charge in [0, 0.05) is 30.2 Å². The van der Waals surface area contributed by atoms with Crippen molar-refractivity contribution in [2.45, 2.75) is 70.9 Å². The number of amides is 2. The number of hydrogen-bond acceptors (Lipinski definition) is 8. The summed E-state index contributed by atoms with van der Waals surface area (Å²) in [4.78, 5) is 49.4. The van der Waals surface area contributed by atoms with E-state index < -0.39 is 18.0 Å². The molecule has 6 rings (SSSR count). The van der Waals surface area contributed by atoms with E-state index in [1.807, 2.05) is 50.2 Å². The third-order valence-electron chi connectivity index (χ3n) is 9.82. The zero-order valence-electron chi connectivity index (χ0n) is 29.9. The average molecular weight is 694 g/mol. The molecule has 2 atom stereocenters. The van der Waals surface area contributed by atoms with Crippen molar-refractivity contribution >= 4 is 28.6 Å². The molecule has 0 spiro atoms. The molecule has 1 unspecified atom stereocenters. The summed E-state index contributed by atoms with van der Waals surface area (Å²) in [7, 11) is 0. The van der Waals surface area contributed by atoms with Gasteiger partial charge in [-0.1, -0.05) is 44.5 Å². The Bertz CT molecular complexity index is 1770. The summed E-state index contributed by atoms with van der Waals surface area (Å²) in [6, 6.07) is 20.1. The van der Waals surface area contributed by atoms with Gasteiger partial charge in [-0.3, -0.25) is 29.2 Å². The Balaban J connectivity index is 1.01. The van der Waals surface area contributed by atoms with Crippen LogP contribution in [-0.4, -0.2) is 90.3 Å². The van der Waals surface area contributed by atoms with E-state index in [1.54, 1.807) is 18.3 Å². The SMILES string of the molecule is CC(C)C[C@H](NC(=O)c1cc2cc(OCCN3CCCCC3)ccc2o1)C(=O)NC1CCCN(CCc2cccc(-c3ccccn3)c2)CC1=O. The number of benzene rings is 2. The molecule has 2 aliphatic rings. The highest BCUT2D eigenvalue weighted by Crippen LogP contribution is 2.25. The molecular formula is C41H51N5O5. The number of rotatable bonds is 14. The van der Waals surface area contributed by atoms with Crippen molar-refractivity contribution in [2.75, 3.05) is 45.9 Å². The van der Waals surface area contributed by atoms with E-state index in [-0.39, 0.29) is 29.9 Å². The number of likely N-dealkylation sites (tertiary alicyclic amines) is 2. The minimum Gasteiger partial charge on any atom is -0.492 e. The van der Waals surface area contributed by atoms with E-state index in [0.717, 1.165) is 68.0 Å². The van der Waals surface area contributed by atoms with E-state index in [1.165, 1.54) is 24.8 Å². The van der Waals surface area contributed by atoms with E-state index in [0.29, 0.717) is 25.0 Å². The zero-order chi connectivity index (χ0) is 35.6. The molecule has 4 heterocycles. The summed E-state index contributed by atoms with van der Waals surface area (Å²) in [5, 5.41) is 6.63. The molecule has 2 saturated heterocycles. The normalized spacial score (nSPS) is 18.0. The second kappa shape index (κ2) is 17.6. The number of pyridine rings is 1. The number of ether oxygens (including phenoxy) is 1. The van der Waals surface area contributed by atoms with Crippen molar-refractivity contribution in [3.05, 3.63) is 84.3 Å². The lowest BCUT2D eigenvalue weighted by molar-refractivity contribution is -0.129. The Morgan fingerprint density at radius 2 is 1.78 bits per heavy atom. The second-order valence-electron chi connectivity index (χ2n) is 14.3. The lowest BCUT2D eigenvalue weighted by Crippen LogP contribution is -2.52. The second-order valence-corrected chi connectivity index (χ2v) is 14.3. The summed E-state index contributed by atoms with van der Waals surface area (Å²) in [6.07, 6.45) is 8.17. The molecule has 2 aromatic carbocycles. The van der Waals surface area contributed by atoms with Crippen LogP contribution in [0.4, 0.5) is 0 Å². The molecule has 2 N–H and O–H groups in total. The van der Waals surface area contributed by atoms with Crippen molar-refractivity contribution in [3.63, 3.8) is 0 Å². The molecule has 10 nitrogen and oxygen atoms in total. The summed E-state index contributed by atoms with van der Waals surface area (Å²) < 4.78 is 11.9. The van der Waals surface area contributed by atoms with Gasteiger partial charge in [0.1, 0.15) is 24.0 Å². The molecule has 0 bridgehead atoms. The third kappa shape index (κ3) is 10.3. The number of furan rings is 1. The molecule has 2 fully saturated rings. The van der Waals surface area contributed by atoms with Crippen LogP contribution in [-0.2, 0) is 16.0 Å². The fourth-order valence-corrected chi connectivity index (χ4v) is 7.04. The van der Waals surface area contributed by atoms with Crippen molar-refractivity contribution in [1.29, 1.82) is 0 Å². The third-order valence-corrected chi connectivity index (χ3v) is 9.82. The van der Waals surface area contributed by atoms with Gasteiger partial charge in [-0.15, -0.1) is 0 Å². The highest BCUT2D eigenvalue weighted by molar-refractivity contribution is 5.99. The van der Waals surface area contributed by atoms with Gasteiger partial charge in [-0.2, -0.15) is 0 Å². The zero-order valence-corrected chi connectivity index (χ0v) is 29.9. The molecule has 2 aliphatic heterocycles. The van der Waals surface area contributed by atoms with E-state index in [4.69, 9.17) is 9.15 Å². The number of nitrogens with one attached hydrogen (secondary N) is 2. The lowest BCUT2D eigenvalue weighted by Gasteiger charge is -2.26. The molecule has 2 amide bonds. The van der Waals surface area contributed by atoms with Crippen LogP contribution in [0.15, 0.2) is 77.3 Å².